The van der Waals surface area contributed by atoms with Gasteiger partial charge in [-0.25, -0.2) is 0 Å². The average Bonchev–Trinajstić information content (AvgIpc) is 3.21. The molecule has 0 spiro atoms. The van der Waals surface area contributed by atoms with Gasteiger partial charge in [0.15, 0.2) is 5.96 Å². The first-order chi connectivity index (χ1) is 12.1. The summed E-state index contributed by atoms with van der Waals surface area (Å²) in [6.45, 7) is 9.68. The number of guanidine groups is 1. The van der Waals surface area contributed by atoms with Gasteiger partial charge in [0, 0.05) is 36.8 Å². The van der Waals surface area contributed by atoms with Crippen LogP contribution in [0.1, 0.15) is 37.8 Å². The van der Waals surface area contributed by atoms with Gasteiger partial charge in [-0.05, 0) is 57.2 Å². The molecule has 0 saturated carbocycles. The minimum Gasteiger partial charge on any atom is -0.373 e. The molecule has 1 fully saturated rings. The maximum absolute atomic E-state index is 5.83. The molecule has 0 aliphatic carbocycles. The normalized spacial score (nSPS) is 20.2. The van der Waals surface area contributed by atoms with E-state index in [4.69, 9.17) is 9.73 Å². The van der Waals surface area contributed by atoms with Crippen LogP contribution in [0.2, 0.25) is 0 Å². The summed E-state index contributed by atoms with van der Waals surface area (Å²) in [5, 5.41) is 8.13. The average molecular weight is 470 g/mol. The molecule has 2 heterocycles. The molecule has 3 N–H and O–H groups in total. The number of rotatable bonds is 6. The summed E-state index contributed by atoms with van der Waals surface area (Å²) < 4.78 is 5.83. The number of fused-ring (bicyclic) bond motifs is 1. The second-order valence-corrected chi connectivity index (χ2v) is 7.09. The number of hydrogen-bond donors (Lipinski definition) is 3. The Bertz CT molecular complexity index is 734. The summed E-state index contributed by atoms with van der Waals surface area (Å²) in [6, 6.07) is 6.39. The number of halogens is 1. The van der Waals surface area contributed by atoms with E-state index in [-0.39, 0.29) is 29.6 Å². The number of aromatic amines is 1. The number of nitrogens with zero attached hydrogens (tertiary/aromatic N) is 1. The lowest BCUT2D eigenvalue weighted by Crippen LogP contribution is -2.40. The second-order valence-electron chi connectivity index (χ2n) is 7.09. The molecule has 1 aliphatic rings. The van der Waals surface area contributed by atoms with Gasteiger partial charge in [-0.2, -0.15) is 0 Å². The number of aromatic nitrogens is 1. The minimum absolute atomic E-state index is 0. The van der Waals surface area contributed by atoms with Crippen LogP contribution in [0.3, 0.4) is 0 Å². The molecule has 1 aromatic carbocycles. The standard InChI is InChI=1S/C20H30N4O.HI/c1-4-21-19(24-14-20(3)10-6-12-25-20)22-11-9-16-13-23-17-8-5-7-15(2)18(16)17;/h5,7-8,13,23H,4,6,9-12,14H2,1-3H3,(H2,21,22,24);1H. The Morgan fingerprint density at radius 2 is 2.19 bits per heavy atom. The van der Waals surface area contributed by atoms with Crippen LogP contribution in [0, 0.1) is 6.92 Å². The lowest BCUT2D eigenvalue weighted by atomic mass is 10.0. The topological polar surface area (TPSA) is 61.4 Å². The highest BCUT2D eigenvalue weighted by molar-refractivity contribution is 14.0. The van der Waals surface area contributed by atoms with Gasteiger partial charge in [-0.1, -0.05) is 12.1 Å². The van der Waals surface area contributed by atoms with Crippen molar-refractivity contribution >= 4 is 40.8 Å². The Kier molecular flexibility index (Phi) is 7.76. The zero-order chi connectivity index (χ0) is 17.7. The van der Waals surface area contributed by atoms with Crippen LogP contribution in [0.15, 0.2) is 29.4 Å². The molecule has 1 unspecified atom stereocenters. The smallest absolute Gasteiger partial charge is 0.191 e. The molecule has 0 bridgehead atoms. The van der Waals surface area contributed by atoms with Crippen LogP contribution in [0.5, 0.6) is 0 Å². The SMILES string of the molecule is CCNC(=NCC1(C)CCCO1)NCCc1c[nH]c2cccc(C)c12.I. The Hall–Kier alpha value is -1.28. The van der Waals surface area contributed by atoms with E-state index < -0.39 is 0 Å². The molecule has 3 rings (SSSR count). The maximum atomic E-state index is 5.83. The third kappa shape index (κ3) is 5.13. The quantitative estimate of drug-likeness (QED) is 0.342. The van der Waals surface area contributed by atoms with Gasteiger partial charge in [0.2, 0.25) is 0 Å². The van der Waals surface area contributed by atoms with Crippen LogP contribution in [-0.4, -0.2) is 42.8 Å². The monoisotopic (exact) mass is 470 g/mol. The van der Waals surface area contributed by atoms with E-state index in [1.165, 1.54) is 22.0 Å². The molecule has 2 aromatic rings. The molecule has 5 nitrogen and oxygen atoms in total. The highest BCUT2D eigenvalue weighted by atomic mass is 127. The third-order valence-electron chi connectivity index (χ3n) is 4.90. The van der Waals surface area contributed by atoms with Gasteiger partial charge < -0.3 is 20.4 Å². The molecule has 6 heteroatoms. The van der Waals surface area contributed by atoms with Crippen LogP contribution in [0.4, 0.5) is 0 Å². The number of aliphatic imine (C=N–C) groups is 1. The molecule has 1 atom stereocenters. The number of nitrogens with one attached hydrogen (secondary N) is 3. The van der Waals surface area contributed by atoms with Crippen LogP contribution >= 0.6 is 24.0 Å². The molecule has 1 aliphatic heterocycles. The maximum Gasteiger partial charge on any atom is 0.191 e. The molecule has 144 valence electrons. The number of H-pyrrole nitrogens is 1. The van der Waals surface area contributed by atoms with Crippen LogP contribution < -0.4 is 10.6 Å². The third-order valence-corrected chi connectivity index (χ3v) is 4.90. The van der Waals surface area contributed by atoms with Gasteiger partial charge in [0.1, 0.15) is 0 Å². The van der Waals surface area contributed by atoms with Crippen molar-refractivity contribution in [1.82, 2.24) is 15.6 Å². The van der Waals surface area contributed by atoms with Gasteiger partial charge in [-0.3, -0.25) is 4.99 Å². The molecular weight excluding hydrogens is 439 g/mol. The Balaban J connectivity index is 0.00000243. The first-order valence-corrected chi connectivity index (χ1v) is 9.33. The van der Waals surface area contributed by atoms with E-state index in [9.17, 15) is 0 Å². The van der Waals surface area contributed by atoms with E-state index in [2.05, 4.69) is 60.8 Å². The van der Waals surface area contributed by atoms with E-state index in [0.717, 1.165) is 44.9 Å². The Morgan fingerprint density at radius 3 is 2.92 bits per heavy atom. The van der Waals surface area contributed by atoms with Crippen molar-refractivity contribution < 1.29 is 4.74 Å². The Morgan fingerprint density at radius 1 is 1.35 bits per heavy atom. The zero-order valence-corrected chi connectivity index (χ0v) is 18.4. The van der Waals surface area contributed by atoms with Gasteiger partial charge in [0.25, 0.3) is 0 Å². The first-order valence-electron chi connectivity index (χ1n) is 9.33. The number of hydrogen-bond acceptors (Lipinski definition) is 2. The van der Waals surface area contributed by atoms with E-state index in [1.54, 1.807) is 0 Å². The predicted molar refractivity (Wildman–Crippen MR) is 120 cm³/mol. The summed E-state index contributed by atoms with van der Waals surface area (Å²) in [5.41, 5.74) is 3.78. The van der Waals surface area contributed by atoms with Crippen molar-refractivity contribution in [3.05, 3.63) is 35.5 Å². The largest absolute Gasteiger partial charge is 0.373 e. The van der Waals surface area contributed by atoms with Crippen molar-refractivity contribution in [2.75, 3.05) is 26.2 Å². The fourth-order valence-electron chi connectivity index (χ4n) is 3.51. The summed E-state index contributed by atoms with van der Waals surface area (Å²) >= 11 is 0. The number of ether oxygens (including phenoxy) is 1. The fraction of sp³-hybridized carbons (Fsp3) is 0.550. The van der Waals surface area contributed by atoms with E-state index in [0.29, 0.717) is 6.54 Å². The van der Waals surface area contributed by atoms with Gasteiger partial charge >= 0.3 is 0 Å². The molecule has 1 saturated heterocycles. The molecule has 26 heavy (non-hydrogen) atoms. The summed E-state index contributed by atoms with van der Waals surface area (Å²) in [4.78, 5) is 8.10. The second kappa shape index (κ2) is 9.60. The molecule has 1 aromatic heterocycles. The highest BCUT2D eigenvalue weighted by Gasteiger charge is 2.29. The Labute approximate surface area is 173 Å². The van der Waals surface area contributed by atoms with Gasteiger partial charge in [0.05, 0.1) is 12.1 Å². The lowest BCUT2D eigenvalue weighted by molar-refractivity contribution is 0.0283. The fourth-order valence-corrected chi connectivity index (χ4v) is 3.51. The summed E-state index contributed by atoms with van der Waals surface area (Å²) in [7, 11) is 0. The molecule has 0 amide bonds. The summed E-state index contributed by atoms with van der Waals surface area (Å²) in [6.07, 6.45) is 5.31. The first kappa shape index (κ1) is 21.0. The summed E-state index contributed by atoms with van der Waals surface area (Å²) in [5.74, 6) is 0.871. The van der Waals surface area contributed by atoms with Crippen molar-refractivity contribution in [3.8, 4) is 0 Å². The zero-order valence-electron chi connectivity index (χ0n) is 16.0. The van der Waals surface area contributed by atoms with Crippen molar-refractivity contribution in [2.45, 2.75) is 45.6 Å². The minimum atomic E-state index is -0.101. The number of aryl methyl sites for hydroxylation is 1. The van der Waals surface area contributed by atoms with Crippen molar-refractivity contribution in [3.63, 3.8) is 0 Å². The molecule has 0 radical (unpaired) electrons. The van der Waals surface area contributed by atoms with Crippen LogP contribution in [0.25, 0.3) is 10.9 Å². The van der Waals surface area contributed by atoms with Crippen LogP contribution in [-0.2, 0) is 11.2 Å². The van der Waals surface area contributed by atoms with E-state index >= 15 is 0 Å². The number of benzene rings is 1. The van der Waals surface area contributed by atoms with Crippen molar-refractivity contribution in [1.29, 1.82) is 0 Å². The molecular formula is C20H31IN4O. The lowest BCUT2D eigenvalue weighted by Gasteiger charge is -2.21. The van der Waals surface area contributed by atoms with Gasteiger partial charge in [-0.15, -0.1) is 24.0 Å². The predicted octanol–water partition coefficient (Wildman–Crippen LogP) is 3.76. The van der Waals surface area contributed by atoms with E-state index in [1.807, 2.05) is 0 Å². The highest BCUT2D eigenvalue weighted by Crippen LogP contribution is 2.25. The van der Waals surface area contributed by atoms with Crippen molar-refractivity contribution in [2.24, 2.45) is 4.99 Å².